The van der Waals surface area contributed by atoms with E-state index in [-0.39, 0.29) is 11.9 Å². The molecule has 1 aliphatic rings. The molecule has 1 saturated heterocycles. The van der Waals surface area contributed by atoms with E-state index >= 15 is 0 Å². The van der Waals surface area contributed by atoms with Gasteiger partial charge in [-0.3, -0.25) is 9.48 Å². The molecular formula is C12H19BrN4O. The molecule has 18 heavy (non-hydrogen) atoms. The highest BCUT2D eigenvalue weighted by molar-refractivity contribution is 9.10. The van der Waals surface area contributed by atoms with Gasteiger partial charge in [-0.2, -0.15) is 5.10 Å². The van der Waals surface area contributed by atoms with Crippen molar-refractivity contribution in [3.8, 4) is 0 Å². The fraction of sp³-hybridized carbons (Fsp3) is 0.667. The number of rotatable bonds is 3. The lowest BCUT2D eigenvalue weighted by Gasteiger charge is -2.31. The van der Waals surface area contributed by atoms with E-state index in [0.717, 1.165) is 35.4 Å². The zero-order valence-corrected chi connectivity index (χ0v) is 12.6. The number of nitrogens with one attached hydrogen (secondary N) is 1. The van der Waals surface area contributed by atoms with Crippen LogP contribution in [0.1, 0.15) is 25.2 Å². The molecule has 1 amide bonds. The largest absolute Gasteiger partial charge is 0.334 e. The van der Waals surface area contributed by atoms with Gasteiger partial charge in [0.2, 0.25) is 5.91 Å². The van der Waals surface area contributed by atoms with Gasteiger partial charge in [0, 0.05) is 20.1 Å². The maximum absolute atomic E-state index is 12.0. The Morgan fingerprint density at radius 3 is 2.89 bits per heavy atom. The topological polar surface area (TPSA) is 50.2 Å². The molecule has 1 aliphatic heterocycles. The number of aryl methyl sites for hydroxylation is 2. The lowest BCUT2D eigenvalue weighted by Crippen LogP contribution is -2.53. The van der Waals surface area contributed by atoms with Gasteiger partial charge in [-0.25, -0.2) is 0 Å². The molecule has 1 fully saturated rings. The standard InChI is InChI=1S/C12H19BrN4O/c1-4-9-11(13)10(16(3)15-9)7-17-6-5-14-8(2)12(17)18/h8,14H,4-7H2,1-3H3. The Hall–Kier alpha value is -0.880. The van der Waals surface area contributed by atoms with Gasteiger partial charge in [0.15, 0.2) is 0 Å². The summed E-state index contributed by atoms with van der Waals surface area (Å²) in [4.78, 5) is 13.9. The lowest BCUT2D eigenvalue weighted by molar-refractivity contribution is -0.135. The zero-order chi connectivity index (χ0) is 13.3. The SMILES string of the molecule is CCc1nn(C)c(CN2CCNC(C)C2=O)c1Br. The first kappa shape index (κ1) is 13.5. The van der Waals surface area contributed by atoms with Crippen molar-refractivity contribution in [2.45, 2.75) is 32.9 Å². The van der Waals surface area contributed by atoms with Gasteiger partial charge in [0.1, 0.15) is 0 Å². The van der Waals surface area contributed by atoms with Crippen molar-refractivity contribution in [2.75, 3.05) is 13.1 Å². The first-order valence-corrected chi connectivity index (χ1v) is 7.06. The van der Waals surface area contributed by atoms with Crippen LogP contribution in [0.15, 0.2) is 4.47 Å². The Morgan fingerprint density at radius 1 is 1.56 bits per heavy atom. The van der Waals surface area contributed by atoms with E-state index < -0.39 is 0 Å². The van der Waals surface area contributed by atoms with Crippen LogP contribution in [0.5, 0.6) is 0 Å². The average Bonchev–Trinajstić information content (AvgIpc) is 2.62. The molecule has 1 atom stereocenters. The normalized spacial score (nSPS) is 20.6. The summed E-state index contributed by atoms with van der Waals surface area (Å²) in [6.07, 6.45) is 0.889. The first-order valence-electron chi connectivity index (χ1n) is 6.27. The maximum atomic E-state index is 12.0. The lowest BCUT2D eigenvalue weighted by atomic mass is 10.2. The second kappa shape index (κ2) is 5.40. The molecule has 0 aliphatic carbocycles. The number of hydrogen-bond donors (Lipinski definition) is 1. The van der Waals surface area contributed by atoms with E-state index in [1.165, 1.54) is 0 Å². The molecule has 1 aromatic rings. The summed E-state index contributed by atoms with van der Waals surface area (Å²) < 4.78 is 2.90. The molecule has 100 valence electrons. The van der Waals surface area contributed by atoms with Crippen molar-refractivity contribution in [2.24, 2.45) is 7.05 Å². The molecule has 2 rings (SSSR count). The van der Waals surface area contributed by atoms with E-state index in [4.69, 9.17) is 0 Å². The Kier molecular flexibility index (Phi) is 4.07. The van der Waals surface area contributed by atoms with Gasteiger partial charge in [0.05, 0.1) is 28.4 Å². The molecule has 5 nitrogen and oxygen atoms in total. The third-order valence-corrected chi connectivity index (χ3v) is 4.27. The molecule has 0 aromatic carbocycles. The van der Waals surface area contributed by atoms with Crippen LogP contribution in [-0.2, 0) is 24.8 Å². The molecule has 6 heteroatoms. The maximum Gasteiger partial charge on any atom is 0.239 e. The second-order valence-electron chi connectivity index (χ2n) is 4.62. The monoisotopic (exact) mass is 314 g/mol. The van der Waals surface area contributed by atoms with Gasteiger partial charge in [-0.05, 0) is 29.3 Å². The minimum atomic E-state index is -0.0867. The number of piperazine rings is 1. The minimum absolute atomic E-state index is 0.0867. The highest BCUT2D eigenvalue weighted by atomic mass is 79.9. The van der Waals surface area contributed by atoms with Crippen molar-refractivity contribution in [3.63, 3.8) is 0 Å². The number of carbonyl (C=O) groups excluding carboxylic acids is 1. The predicted octanol–water partition coefficient (Wildman–Crippen LogP) is 1.07. The molecule has 0 radical (unpaired) electrons. The fourth-order valence-electron chi connectivity index (χ4n) is 2.22. The van der Waals surface area contributed by atoms with E-state index in [0.29, 0.717) is 6.54 Å². The Bertz CT molecular complexity index is 457. The van der Waals surface area contributed by atoms with Crippen molar-refractivity contribution in [1.29, 1.82) is 0 Å². The quantitative estimate of drug-likeness (QED) is 0.908. The van der Waals surface area contributed by atoms with Gasteiger partial charge < -0.3 is 10.2 Å². The van der Waals surface area contributed by atoms with E-state index in [1.54, 1.807) is 0 Å². The summed E-state index contributed by atoms with van der Waals surface area (Å²) >= 11 is 3.59. The minimum Gasteiger partial charge on any atom is -0.334 e. The van der Waals surface area contributed by atoms with E-state index in [2.05, 4.69) is 33.3 Å². The Labute approximate surface area is 116 Å². The second-order valence-corrected chi connectivity index (χ2v) is 5.41. The Morgan fingerprint density at radius 2 is 2.28 bits per heavy atom. The zero-order valence-electron chi connectivity index (χ0n) is 11.0. The van der Waals surface area contributed by atoms with Crippen LogP contribution >= 0.6 is 15.9 Å². The molecule has 0 bridgehead atoms. The smallest absolute Gasteiger partial charge is 0.239 e. The summed E-state index contributed by atoms with van der Waals surface area (Å²) in [5.74, 6) is 0.160. The van der Waals surface area contributed by atoms with Gasteiger partial charge >= 0.3 is 0 Å². The third-order valence-electron chi connectivity index (χ3n) is 3.36. The van der Waals surface area contributed by atoms with E-state index in [1.807, 2.05) is 23.6 Å². The van der Waals surface area contributed by atoms with Crippen molar-refractivity contribution < 1.29 is 4.79 Å². The Balaban J connectivity index is 2.18. The van der Waals surface area contributed by atoms with Crippen LogP contribution < -0.4 is 5.32 Å². The van der Waals surface area contributed by atoms with E-state index in [9.17, 15) is 4.79 Å². The summed E-state index contributed by atoms with van der Waals surface area (Å²) in [5.41, 5.74) is 2.11. The number of nitrogens with zero attached hydrogens (tertiary/aromatic N) is 3. The third kappa shape index (κ3) is 2.44. The number of halogens is 1. The number of hydrogen-bond acceptors (Lipinski definition) is 3. The highest BCUT2D eigenvalue weighted by Crippen LogP contribution is 2.23. The highest BCUT2D eigenvalue weighted by Gasteiger charge is 2.26. The molecule has 1 unspecified atom stereocenters. The molecule has 0 saturated carbocycles. The van der Waals surface area contributed by atoms with Gasteiger partial charge in [-0.1, -0.05) is 6.92 Å². The first-order chi connectivity index (χ1) is 8.54. The fourth-order valence-corrected chi connectivity index (χ4v) is 2.96. The summed E-state index contributed by atoms with van der Waals surface area (Å²) in [6.45, 7) is 6.21. The van der Waals surface area contributed by atoms with Crippen LogP contribution in [0.3, 0.4) is 0 Å². The van der Waals surface area contributed by atoms with Crippen LogP contribution in [0, 0.1) is 0 Å². The molecular weight excluding hydrogens is 296 g/mol. The summed E-state index contributed by atoms with van der Waals surface area (Å²) in [5, 5.41) is 7.62. The molecule has 2 heterocycles. The number of amides is 1. The average molecular weight is 315 g/mol. The number of carbonyl (C=O) groups is 1. The van der Waals surface area contributed by atoms with Crippen molar-refractivity contribution in [1.82, 2.24) is 20.0 Å². The summed E-state index contributed by atoms with van der Waals surface area (Å²) in [6, 6.07) is -0.0867. The van der Waals surface area contributed by atoms with Crippen molar-refractivity contribution in [3.05, 3.63) is 15.9 Å². The predicted molar refractivity (Wildman–Crippen MR) is 73.2 cm³/mol. The van der Waals surface area contributed by atoms with Gasteiger partial charge in [-0.15, -0.1) is 0 Å². The van der Waals surface area contributed by atoms with Gasteiger partial charge in [0.25, 0.3) is 0 Å². The van der Waals surface area contributed by atoms with Crippen molar-refractivity contribution >= 4 is 21.8 Å². The summed E-state index contributed by atoms with van der Waals surface area (Å²) in [7, 11) is 1.93. The van der Waals surface area contributed by atoms with Crippen LogP contribution in [0.2, 0.25) is 0 Å². The molecule has 1 aromatic heterocycles. The van der Waals surface area contributed by atoms with Crippen LogP contribution in [-0.4, -0.2) is 39.7 Å². The molecule has 0 spiro atoms. The van der Waals surface area contributed by atoms with Crippen LogP contribution in [0.25, 0.3) is 0 Å². The van der Waals surface area contributed by atoms with Crippen LogP contribution in [0.4, 0.5) is 0 Å². The number of aromatic nitrogens is 2. The molecule has 1 N–H and O–H groups in total.